The molecule has 0 bridgehead atoms. The van der Waals surface area contributed by atoms with Crippen molar-refractivity contribution in [1.29, 1.82) is 15.8 Å². The minimum atomic E-state index is 0.212. The number of allylic oxidation sites excluding steroid dienone is 2. The maximum absolute atomic E-state index is 10.5. The second-order valence-corrected chi connectivity index (χ2v) is 12.7. The van der Waals surface area contributed by atoms with Gasteiger partial charge in [-0.25, -0.2) is 0 Å². The predicted molar refractivity (Wildman–Crippen MR) is 199 cm³/mol. The first kappa shape index (κ1) is 29.0. The SMILES string of the molecule is N#Cc1ccc2c(c1)c1cccc(C#N)c1n2-c1c(C#N)cccc1-c1cccc(-c2cccc(N3c4ccccc4C4C=CC=C[C@H]43)c2)c1. The molecule has 5 nitrogen and oxygen atoms in total. The van der Waals surface area contributed by atoms with Crippen LogP contribution in [-0.2, 0) is 0 Å². The van der Waals surface area contributed by atoms with Crippen molar-refractivity contribution < 1.29 is 0 Å². The van der Waals surface area contributed by atoms with Crippen LogP contribution >= 0.6 is 0 Å². The van der Waals surface area contributed by atoms with Crippen molar-refractivity contribution in [2.75, 3.05) is 4.90 Å². The summed E-state index contributed by atoms with van der Waals surface area (Å²) in [5.41, 5.74) is 11.4. The van der Waals surface area contributed by atoms with Gasteiger partial charge in [-0.2, -0.15) is 15.8 Å². The van der Waals surface area contributed by atoms with Crippen LogP contribution in [0.4, 0.5) is 11.4 Å². The lowest BCUT2D eigenvalue weighted by molar-refractivity contribution is 0.745. The van der Waals surface area contributed by atoms with Gasteiger partial charge in [-0.05, 0) is 76.9 Å². The lowest BCUT2D eigenvalue weighted by Crippen LogP contribution is -2.28. The summed E-state index contributed by atoms with van der Waals surface area (Å²) in [5.74, 6) is 0.308. The number of benzene rings is 6. The highest BCUT2D eigenvalue weighted by Gasteiger charge is 2.37. The van der Waals surface area contributed by atoms with E-state index >= 15 is 0 Å². The van der Waals surface area contributed by atoms with Gasteiger partial charge in [-0.15, -0.1) is 0 Å². The Morgan fingerprint density at radius 1 is 0.560 bits per heavy atom. The lowest BCUT2D eigenvalue weighted by atomic mass is 9.91. The van der Waals surface area contributed by atoms with Gasteiger partial charge in [0.15, 0.2) is 0 Å². The van der Waals surface area contributed by atoms with E-state index in [-0.39, 0.29) is 6.04 Å². The lowest BCUT2D eigenvalue weighted by Gasteiger charge is -2.29. The van der Waals surface area contributed by atoms with E-state index < -0.39 is 0 Å². The largest absolute Gasteiger partial charge is 0.333 e. The van der Waals surface area contributed by atoms with Crippen molar-refractivity contribution >= 4 is 33.2 Å². The minimum Gasteiger partial charge on any atom is -0.333 e. The number of nitrogens with zero attached hydrogens (tertiary/aromatic N) is 5. The average molecular weight is 638 g/mol. The molecule has 0 saturated heterocycles. The average Bonchev–Trinajstić information content (AvgIpc) is 3.70. The molecule has 1 unspecified atom stereocenters. The maximum atomic E-state index is 10.5. The smallest absolute Gasteiger partial charge is 0.101 e. The number of anilines is 2. The molecule has 7 aromatic rings. The van der Waals surface area contributed by atoms with Crippen LogP contribution in [0, 0.1) is 34.0 Å². The summed E-state index contributed by atoms with van der Waals surface area (Å²) in [4.78, 5) is 2.44. The summed E-state index contributed by atoms with van der Waals surface area (Å²) in [6.07, 6.45) is 8.86. The Bertz CT molecular complexity index is 2720. The van der Waals surface area contributed by atoms with Crippen LogP contribution in [0.1, 0.15) is 28.2 Å². The molecule has 0 spiro atoms. The second-order valence-electron chi connectivity index (χ2n) is 12.7. The highest BCUT2D eigenvalue weighted by molar-refractivity contribution is 6.12. The monoisotopic (exact) mass is 637 g/mol. The topological polar surface area (TPSA) is 79.5 Å². The molecule has 1 aromatic heterocycles. The highest BCUT2D eigenvalue weighted by Crippen LogP contribution is 2.48. The Labute approximate surface area is 289 Å². The molecule has 2 aliphatic rings. The first-order valence-electron chi connectivity index (χ1n) is 16.5. The van der Waals surface area contributed by atoms with Crippen molar-refractivity contribution in [2.45, 2.75) is 12.0 Å². The van der Waals surface area contributed by atoms with E-state index in [1.165, 1.54) is 11.3 Å². The Balaban J connectivity index is 1.21. The number of hydrogen-bond acceptors (Lipinski definition) is 4. The number of rotatable bonds is 4. The van der Waals surface area contributed by atoms with Gasteiger partial charge in [-0.3, -0.25) is 0 Å². The molecule has 1 aliphatic carbocycles. The van der Waals surface area contributed by atoms with Gasteiger partial charge in [0.2, 0.25) is 0 Å². The van der Waals surface area contributed by atoms with Gasteiger partial charge in [0, 0.05) is 33.6 Å². The van der Waals surface area contributed by atoms with E-state index in [1.54, 1.807) is 12.1 Å². The van der Waals surface area contributed by atoms with E-state index in [4.69, 9.17) is 0 Å². The van der Waals surface area contributed by atoms with Gasteiger partial charge < -0.3 is 9.47 Å². The molecule has 2 atom stereocenters. The highest BCUT2D eigenvalue weighted by atomic mass is 15.2. The Morgan fingerprint density at radius 3 is 2.16 bits per heavy atom. The molecule has 0 amide bonds. The van der Waals surface area contributed by atoms with E-state index in [2.05, 4.69) is 120 Å². The van der Waals surface area contributed by atoms with Crippen molar-refractivity contribution in [3.8, 4) is 46.1 Å². The van der Waals surface area contributed by atoms with Gasteiger partial charge in [0.05, 0.1) is 45.5 Å². The van der Waals surface area contributed by atoms with Gasteiger partial charge in [-0.1, -0.05) is 97.1 Å². The molecule has 2 heterocycles. The van der Waals surface area contributed by atoms with Crippen LogP contribution in [0.5, 0.6) is 0 Å². The van der Waals surface area contributed by atoms with Gasteiger partial charge in [0.25, 0.3) is 0 Å². The van der Waals surface area contributed by atoms with Crippen LogP contribution in [0.25, 0.3) is 49.7 Å². The molecular formula is C45H27N5. The maximum Gasteiger partial charge on any atom is 0.101 e. The number of fused-ring (bicyclic) bond motifs is 6. The quantitative estimate of drug-likeness (QED) is 0.192. The Kier molecular flexibility index (Phi) is 6.70. The van der Waals surface area contributed by atoms with E-state index in [1.807, 2.05) is 47.0 Å². The molecule has 1 aliphatic heterocycles. The third-order valence-corrected chi connectivity index (χ3v) is 10.0. The Hall–Kier alpha value is -7.13. The molecule has 232 valence electrons. The molecule has 0 N–H and O–H groups in total. The number of nitriles is 3. The van der Waals surface area contributed by atoms with E-state index in [9.17, 15) is 15.8 Å². The third-order valence-electron chi connectivity index (χ3n) is 10.0. The fourth-order valence-corrected chi connectivity index (χ4v) is 7.86. The number of hydrogen-bond donors (Lipinski definition) is 0. The third kappa shape index (κ3) is 4.37. The molecule has 0 fully saturated rings. The summed E-state index contributed by atoms with van der Waals surface area (Å²) in [6.45, 7) is 0. The molecule has 50 heavy (non-hydrogen) atoms. The van der Waals surface area contributed by atoms with Gasteiger partial charge in [0.1, 0.15) is 12.1 Å². The summed E-state index contributed by atoms with van der Waals surface area (Å²) in [7, 11) is 0. The van der Waals surface area contributed by atoms with Crippen LogP contribution in [0.3, 0.4) is 0 Å². The van der Waals surface area contributed by atoms with Crippen LogP contribution in [0.15, 0.2) is 152 Å². The zero-order valence-electron chi connectivity index (χ0n) is 26.8. The van der Waals surface area contributed by atoms with Crippen LogP contribution in [0.2, 0.25) is 0 Å². The fourth-order valence-electron chi connectivity index (χ4n) is 7.86. The summed E-state index contributed by atoms with van der Waals surface area (Å²) >= 11 is 0. The fraction of sp³-hybridized carbons (Fsp3) is 0.0444. The van der Waals surface area contributed by atoms with Crippen LogP contribution in [-0.4, -0.2) is 10.6 Å². The van der Waals surface area contributed by atoms with Crippen LogP contribution < -0.4 is 4.90 Å². The van der Waals surface area contributed by atoms with Gasteiger partial charge >= 0.3 is 0 Å². The van der Waals surface area contributed by atoms with E-state index in [0.717, 1.165) is 44.2 Å². The predicted octanol–water partition coefficient (Wildman–Crippen LogP) is 10.5. The normalized spacial score (nSPS) is 15.7. The van der Waals surface area contributed by atoms with Crippen molar-refractivity contribution in [1.82, 2.24) is 4.57 Å². The second kappa shape index (κ2) is 11.5. The minimum absolute atomic E-state index is 0.212. The number of para-hydroxylation sites is 3. The van der Waals surface area contributed by atoms with Crippen molar-refractivity contribution in [3.63, 3.8) is 0 Å². The first-order valence-corrected chi connectivity index (χ1v) is 16.5. The molecule has 0 saturated carbocycles. The zero-order chi connectivity index (χ0) is 33.8. The molecule has 6 aromatic carbocycles. The zero-order valence-corrected chi connectivity index (χ0v) is 26.8. The van der Waals surface area contributed by atoms with Crippen molar-refractivity contribution in [3.05, 3.63) is 174 Å². The Morgan fingerprint density at radius 2 is 1.30 bits per heavy atom. The summed E-state index contributed by atoms with van der Waals surface area (Å²) in [5, 5.41) is 32.1. The molecule has 9 rings (SSSR count). The summed E-state index contributed by atoms with van der Waals surface area (Å²) in [6, 6.07) is 50.0. The first-order chi connectivity index (χ1) is 24.7. The molecule has 0 radical (unpaired) electrons. The van der Waals surface area contributed by atoms with E-state index in [0.29, 0.717) is 33.8 Å². The molecule has 5 heteroatoms. The molecular weight excluding hydrogens is 611 g/mol. The van der Waals surface area contributed by atoms with Crippen molar-refractivity contribution in [2.24, 2.45) is 0 Å². The number of aromatic nitrogens is 1. The summed E-state index contributed by atoms with van der Waals surface area (Å²) < 4.78 is 2.03. The standard InChI is InChI=1S/C45H27N5/c46-26-29-21-22-43-40(23-29)39-18-8-13-34(28-48)45(39)50(43)44-33(27-47)12-7-17-36(44)32-11-5-9-30(24-32)31-10-6-14-35(25-31)49-41-19-3-1-15-37(41)38-16-2-4-20-42(38)49/h1-25,37,41H/t37?,41-/m1/s1.